The Kier molecular flexibility index (Phi) is 4.43. The van der Waals surface area contributed by atoms with Gasteiger partial charge >= 0.3 is 0 Å². The number of hydrogen-bond donors (Lipinski definition) is 2. The topological polar surface area (TPSA) is 55.1 Å². The van der Waals surface area contributed by atoms with Crippen LogP contribution in [-0.4, -0.2) is 18.0 Å². The lowest BCUT2D eigenvalue weighted by Crippen LogP contribution is -2.44. The maximum atomic E-state index is 12.2. The van der Waals surface area contributed by atoms with Gasteiger partial charge in [-0.3, -0.25) is 4.79 Å². The summed E-state index contributed by atoms with van der Waals surface area (Å²) in [5.41, 5.74) is 6.06. The van der Waals surface area contributed by atoms with Gasteiger partial charge in [0, 0.05) is 18.0 Å². The minimum absolute atomic E-state index is 0.170. The van der Waals surface area contributed by atoms with E-state index in [4.69, 9.17) is 5.73 Å². The summed E-state index contributed by atoms with van der Waals surface area (Å²) < 4.78 is 0. The second-order valence-corrected chi connectivity index (χ2v) is 5.99. The Morgan fingerprint density at radius 1 is 1.12 bits per heavy atom. The molecule has 3 unspecified atom stereocenters. The van der Waals surface area contributed by atoms with E-state index in [1.807, 2.05) is 0 Å². The average molecular weight is 238 g/mol. The van der Waals surface area contributed by atoms with E-state index in [2.05, 4.69) is 12.2 Å². The molecule has 0 aromatic rings. The third kappa shape index (κ3) is 3.44. The molecule has 0 aliphatic heterocycles. The zero-order valence-electron chi connectivity index (χ0n) is 11.0. The lowest BCUT2D eigenvalue weighted by Gasteiger charge is -2.32. The second-order valence-electron chi connectivity index (χ2n) is 5.99. The highest BCUT2D eigenvalue weighted by Crippen LogP contribution is 2.28. The summed E-state index contributed by atoms with van der Waals surface area (Å²) in [6.07, 6.45) is 9.20. The molecular formula is C14H26N2O. The van der Waals surface area contributed by atoms with E-state index in [0.717, 1.165) is 19.3 Å². The minimum Gasteiger partial charge on any atom is -0.353 e. The van der Waals surface area contributed by atoms with Crippen molar-refractivity contribution in [2.45, 2.75) is 70.4 Å². The quantitative estimate of drug-likeness (QED) is 0.775. The molecule has 0 radical (unpaired) electrons. The fourth-order valence-electron chi connectivity index (χ4n) is 3.16. The molecule has 0 spiro atoms. The van der Waals surface area contributed by atoms with E-state index in [9.17, 15) is 4.79 Å². The van der Waals surface area contributed by atoms with Crippen LogP contribution in [0, 0.1) is 11.8 Å². The Bertz CT molecular complexity index is 261. The third-order valence-electron chi connectivity index (χ3n) is 4.58. The number of nitrogens with one attached hydrogen (secondary N) is 1. The highest BCUT2D eigenvalue weighted by atomic mass is 16.1. The van der Waals surface area contributed by atoms with Gasteiger partial charge in [-0.1, -0.05) is 26.2 Å². The van der Waals surface area contributed by atoms with Gasteiger partial charge in [-0.05, 0) is 38.0 Å². The van der Waals surface area contributed by atoms with E-state index in [1.54, 1.807) is 0 Å². The predicted octanol–water partition coefficient (Wildman–Crippen LogP) is 2.20. The summed E-state index contributed by atoms with van der Waals surface area (Å²) in [7, 11) is 0. The third-order valence-corrected chi connectivity index (χ3v) is 4.58. The summed E-state index contributed by atoms with van der Waals surface area (Å²) in [6, 6.07) is 0.651. The lowest BCUT2D eigenvalue weighted by atomic mass is 9.79. The van der Waals surface area contributed by atoms with E-state index < -0.39 is 0 Å². The zero-order chi connectivity index (χ0) is 12.3. The molecule has 3 N–H and O–H groups in total. The number of amides is 1. The van der Waals surface area contributed by atoms with Crippen molar-refractivity contribution in [1.29, 1.82) is 0 Å². The first-order valence-corrected chi connectivity index (χ1v) is 7.22. The summed E-state index contributed by atoms with van der Waals surface area (Å²) in [5.74, 6) is 1.01. The first-order chi connectivity index (χ1) is 8.16. The molecule has 0 heterocycles. The van der Waals surface area contributed by atoms with Gasteiger partial charge in [0.15, 0.2) is 0 Å². The van der Waals surface area contributed by atoms with Crippen molar-refractivity contribution >= 4 is 5.91 Å². The zero-order valence-corrected chi connectivity index (χ0v) is 11.0. The second kappa shape index (κ2) is 5.85. The Morgan fingerprint density at radius 3 is 2.47 bits per heavy atom. The Hall–Kier alpha value is -0.570. The Balaban J connectivity index is 1.79. The monoisotopic (exact) mass is 238 g/mol. The van der Waals surface area contributed by atoms with Crippen LogP contribution in [0.25, 0.3) is 0 Å². The average Bonchev–Trinajstić information content (AvgIpc) is 2.34. The maximum absolute atomic E-state index is 12.2. The highest BCUT2D eigenvalue weighted by molar-refractivity contribution is 5.79. The van der Waals surface area contributed by atoms with E-state index >= 15 is 0 Å². The maximum Gasteiger partial charge on any atom is 0.223 e. The Morgan fingerprint density at radius 2 is 1.82 bits per heavy atom. The van der Waals surface area contributed by atoms with Gasteiger partial charge in [-0.2, -0.15) is 0 Å². The molecule has 2 aliphatic rings. The fourth-order valence-corrected chi connectivity index (χ4v) is 3.16. The summed E-state index contributed by atoms with van der Waals surface area (Å²) in [5, 5.41) is 3.23. The van der Waals surface area contributed by atoms with Crippen LogP contribution in [0.15, 0.2) is 0 Å². The molecule has 17 heavy (non-hydrogen) atoms. The molecule has 2 fully saturated rings. The molecule has 2 aliphatic carbocycles. The van der Waals surface area contributed by atoms with Crippen molar-refractivity contribution in [2.75, 3.05) is 0 Å². The van der Waals surface area contributed by atoms with Crippen LogP contribution in [0.1, 0.15) is 58.3 Å². The van der Waals surface area contributed by atoms with Gasteiger partial charge < -0.3 is 11.1 Å². The normalized spacial score (nSPS) is 35.5. The van der Waals surface area contributed by atoms with E-state index in [-0.39, 0.29) is 17.9 Å². The van der Waals surface area contributed by atoms with Crippen LogP contribution < -0.4 is 11.1 Å². The van der Waals surface area contributed by atoms with Gasteiger partial charge in [0.05, 0.1) is 0 Å². The Labute approximate surface area is 105 Å². The molecule has 3 heteroatoms. The summed E-state index contributed by atoms with van der Waals surface area (Å²) in [6.45, 7) is 2.19. The van der Waals surface area contributed by atoms with Gasteiger partial charge in [-0.25, -0.2) is 0 Å². The van der Waals surface area contributed by atoms with E-state index in [1.165, 1.54) is 32.1 Å². The van der Waals surface area contributed by atoms with Crippen LogP contribution in [0.2, 0.25) is 0 Å². The smallest absolute Gasteiger partial charge is 0.223 e. The molecule has 2 rings (SSSR count). The number of carbonyl (C=O) groups is 1. The molecule has 0 aromatic carbocycles. The lowest BCUT2D eigenvalue weighted by molar-refractivity contribution is -0.127. The highest BCUT2D eigenvalue weighted by Gasteiger charge is 2.30. The summed E-state index contributed by atoms with van der Waals surface area (Å²) >= 11 is 0. The van der Waals surface area contributed by atoms with Crippen molar-refractivity contribution in [1.82, 2.24) is 5.32 Å². The van der Waals surface area contributed by atoms with Crippen LogP contribution >= 0.6 is 0 Å². The number of nitrogens with two attached hydrogens (primary N) is 1. The minimum atomic E-state index is 0.170. The molecule has 0 bridgehead atoms. The van der Waals surface area contributed by atoms with E-state index in [0.29, 0.717) is 12.0 Å². The number of carbonyl (C=O) groups excluding carboxylic acids is 1. The van der Waals surface area contributed by atoms with Crippen LogP contribution in [0.4, 0.5) is 0 Å². The van der Waals surface area contributed by atoms with Gasteiger partial charge in [0.2, 0.25) is 5.91 Å². The molecule has 0 saturated heterocycles. The van der Waals surface area contributed by atoms with Crippen molar-refractivity contribution in [3.8, 4) is 0 Å². The summed E-state index contributed by atoms with van der Waals surface area (Å²) in [4.78, 5) is 12.2. The molecule has 3 atom stereocenters. The largest absolute Gasteiger partial charge is 0.353 e. The van der Waals surface area contributed by atoms with Crippen LogP contribution in [0.5, 0.6) is 0 Å². The molecule has 1 amide bonds. The van der Waals surface area contributed by atoms with Gasteiger partial charge in [0.1, 0.15) is 0 Å². The molecule has 0 aromatic heterocycles. The fraction of sp³-hybridized carbons (Fsp3) is 0.929. The van der Waals surface area contributed by atoms with Crippen molar-refractivity contribution in [3.05, 3.63) is 0 Å². The van der Waals surface area contributed by atoms with Gasteiger partial charge in [0.25, 0.3) is 0 Å². The van der Waals surface area contributed by atoms with Crippen LogP contribution in [0.3, 0.4) is 0 Å². The number of rotatable bonds is 2. The molecule has 3 nitrogen and oxygen atoms in total. The standard InChI is InChI=1S/C14H26N2O/c1-10-7-8-11(9-13(10)15)14(17)16-12-5-3-2-4-6-12/h10-13H,2-9,15H2,1H3,(H,16,17). The molecular weight excluding hydrogens is 212 g/mol. The van der Waals surface area contributed by atoms with Crippen LogP contribution in [-0.2, 0) is 4.79 Å². The van der Waals surface area contributed by atoms with Crippen molar-refractivity contribution < 1.29 is 4.79 Å². The molecule has 98 valence electrons. The first kappa shape index (κ1) is 12.9. The molecule has 2 saturated carbocycles. The van der Waals surface area contributed by atoms with Crippen molar-refractivity contribution in [2.24, 2.45) is 17.6 Å². The SMILES string of the molecule is CC1CCC(C(=O)NC2CCCCC2)CC1N. The number of hydrogen-bond acceptors (Lipinski definition) is 2. The first-order valence-electron chi connectivity index (χ1n) is 7.22. The van der Waals surface area contributed by atoms with Crippen molar-refractivity contribution in [3.63, 3.8) is 0 Å². The predicted molar refractivity (Wildman–Crippen MR) is 69.5 cm³/mol. The van der Waals surface area contributed by atoms with Gasteiger partial charge in [-0.15, -0.1) is 0 Å².